The Morgan fingerprint density at radius 3 is 0.773 bits per heavy atom. The molecule has 0 aliphatic rings. The zero-order chi connectivity index (χ0) is 46.3. The molecule has 0 aliphatic heterocycles. The van der Waals surface area contributed by atoms with E-state index in [1.54, 1.807) is 0 Å². The van der Waals surface area contributed by atoms with E-state index < -0.39 is 10.8 Å². The molecule has 0 saturated carbocycles. The number of hydrogen-bond acceptors (Lipinski definition) is 7. The van der Waals surface area contributed by atoms with Crippen molar-refractivity contribution >= 4 is 88.4 Å². The molecule has 9 aromatic carbocycles. The first-order valence-electron chi connectivity index (χ1n) is 21.6. The number of thiol groups is 7. The molecule has 0 radical (unpaired) electrons. The van der Waals surface area contributed by atoms with Gasteiger partial charge in [-0.25, -0.2) is 0 Å². The molecule has 0 nitrogen and oxygen atoms in total. The number of aryl methyl sites for hydroxylation is 1. The van der Waals surface area contributed by atoms with Crippen LogP contribution in [0.15, 0.2) is 228 Å². The summed E-state index contributed by atoms with van der Waals surface area (Å²) in [5, 5.41) is 0. The van der Waals surface area contributed by atoms with Gasteiger partial charge in [0.2, 0.25) is 0 Å². The second kappa shape index (κ2) is 19.2. The van der Waals surface area contributed by atoms with Gasteiger partial charge in [0.25, 0.3) is 0 Å². The lowest BCUT2D eigenvalue weighted by atomic mass is 9.66. The maximum absolute atomic E-state index is 5.24. The molecule has 0 N–H and O–H groups in total. The maximum atomic E-state index is 5.24. The predicted molar refractivity (Wildman–Crippen MR) is 301 cm³/mol. The molecule has 0 amide bonds. The molecule has 0 fully saturated rings. The third-order valence-corrected chi connectivity index (χ3v) is 15.6. The Hall–Kier alpha value is -4.57. The average molecular weight is 982 g/mol. The van der Waals surface area contributed by atoms with Crippen LogP contribution >= 0.6 is 88.4 Å². The third-order valence-electron chi connectivity index (χ3n) is 13.2. The first-order chi connectivity index (χ1) is 31.7. The Kier molecular flexibility index (Phi) is 13.5. The number of hydrogen-bond donors (Lipinski definition) is 7. The lowest BCUT2D eigenvalue weighted by molar-refractivity contribution is 0.653. The van der Waals surface area contributed by atoms with Crippen LogP contribution in [0.5, 0.6) is 0 Å². The lowest BCUT2D eigenvalue weighted by Crippen LogP contribution is -2.29. The van der Waals surface area contributed by atoms with Crippen LogP contribution in [-0.2, 0) is 10.8 Å². The van der Waals surface area contributed by atoms with Crippen molar-refractivity contribution in [2.75, 3.05) is 0 Å². The Labute approximate surface area is 428 Å². The normalized spacial score (nSPS) is 12.5. The Morgan fingerprint density at radius 1 is 0.258 bits per heavy atom. The van der Waals surface area contributed by atoms with Crippen LogP contribution in [0, 0.1) is 6.92 Å². The molecule has 0 aliphatic carbocycles. The van der Waals surface area contributed by atoms with Gasteiger partial charge in [0.1, 0.15) is 0 Å². The van der Waals surface area contributed by atoms with Gasteiger partial charge in [-0.3, -0.25) is 0 Å². The highest BCUT2D eigenvalue weighted by Gasteiger charge is 2.38. The summed E-state index contributed by atoms with van der Waals surface area (Å²) in [6.45, 7) is 6.86. The lowest BCUT2D eigenvalue weighted by Gasteiger charge is -2.37. The molecule has 7 heteroatoms. The molecule has 0 bridgehead atoms. The Morgan fingerprint density at radius 2 is 0.485 bits per heavy atom. The second-order valence-corrected chi connectivity index (χ2v) is 20.8. The molecule has 0 spiro atoms. The molecule has 9 rings (SSSR count). The van der Waals surface area contributed by atoms with Gasteiger partial charge in [0.05, 0.1) is 0 Å². The first-order valence-corrected chi connectivity index (χ1v) is 24.8. The second-order valence-electron chi connectivity index (χ2n) is 17.2. The summed E-state index contributed by atoms with van der Waals surface area (Å²) in [5.41, 5.74) is 15.4. The highest BCUT2D eigenvalue weighted by molar-refractivity contribution is 7.81. The highest BCUT2D eigenvalue weighted by atomic mass is 32.1. The van der Waals surface area contributed by atoms with Crippen molar-refractivity contribution in [1.29, 1.82) is 0 Å². The van der Waals surface area contributed by atoms with Crippen LogP contribution in [0.4, 0.5) is 0 Å². The van der Waals surface area contributed by atoms with E-state index in [1.807, 2.05) is 48.5 Å². The van der Waals surface area contributed by atoms with E-state index in [4.69, 9.17) is 37.9 Å². The van der Waals surface area contributed by atoms with Gasteiger partial charge in [0.15, 0.2) is 0 Å². The van der Waals surface area contributed by atoms with E-state index in [2.05, 4.69) is 217 Å². The van der Waals surface area contributed by atoms with Gasteiger partial charge >= 0.3 is 0 Å². The SMILES string of the molecule is Cc1ccc(-c2ccc(S)cc2)cc1C(C)(c1ccc(C(C)(c2cc(-c3ccc(S)cc3)ccc2S)c2cc(-c3ccc(S)cc3)ccc2S)cc1)c1cc(-c2ccc(S)cc2)ccc1S. The highest BCUT2D eigenvalue weighted by Crippen LogP contribution is 2.49. The quantitative estimate of drug-likeness (QED) is 0.0516. The van der Waals surface area contributed by atoms with Gasteiger partial charge in [-0.15, -0.1) is 88.4 Å². The van der Waals surface area contributed by atoms with Gasteiger partial charge in [-0.2, -0.15) is 0 Å². The van der Waals surface area contributed by atoms with Crippen molar-refractivity contribution in [3.05, 3.63) is 233 Å². The molecule has 0 heterocycles. The molecule has 1 unspecified atom stereocenters. The van der Waals surface area contributed by atoms with Crippen molar-refractivity contribution < 1.29 is 0 Å². The largest absolute Gasteiger partial charge is 0.143 e. The van der Waals surface area contributed by atoms with E-state index in [0.29, 0.717) is 0 Å². The summed E-state index contributed by atoms with van der Waals surface area (Å²) in [6.07, 6.45) is 0. The Balaban J connectivity index is 1.27. The average Bonchev–Trinajstić information content (AvgIpc) is 3.33. The molecule has 1 atom stereocenters. The summed E-state index contributed by atoms with van der Waals surface area (Å²) >= 11 is 34.0. The summed E-state index contributed by atoms with van der Waals surface area (Å²) in [7, 11) is 0. The van der Waals surface area contributed by atoms with Crippen LogP contribution in [0.3, 0.4) is 0 Å². The fourth-order valence-corrected chi connectivity index (χ4v) is 11.0. The zero-order valence-electron chi connectivity index (χ0n) is 36.6. The van der Waals surface area contributed by atoms with Gasteiger partial charge in [-0.05, 0) is 195 Å². The number of rotatable bonds is 10. The third kappa shape index (κ3) is 9.09. The predicted octanol–water partition coefficient (Wildman–Crippen LogP) is 17.4. The standard InChI is InChI=1S/C59H48S7/c1-36-4-5-41(37-6-21-47(60)22-7-37)32-51(36)58(2,52-33-42(14-29-55(52)64)38-8-23-48(61)24-9-38)45-17-19-46(20-18-45)59(3,53-34-43(15-30-56(53)65)39-10-25-49(62)26-11-39)54-35-44(16-31-57(54)66)40-12-27-50(63)28-13-40/h4-35,60-66H,1-3H3. The van der Waals surface area contributed by atoms with E-state index in [0.717, 1.165) is 107 Å². The van der Waals surface area contributed by atoms with Crippen molar-refractivity contribution in [1.82, 2.24) is 0 Å². The minimum absolute atomic E-state index is 0.642. The molecular formula is C59H48S7. The van der Waals surface area contributed by atoms with Crippen molar-refractivity contribution in [2.24, 2.45) is 0 Å². The Bertz CT molecular complexity index is 2800. The summed E-state index contributed by atoms with van der Waals surface area (Å²) in [6, 6.07) is 69.1. The summed E-state index contributed by atoms with van der Waals surface area (Å²) in [5.74, 6) is 0. The van der Waals surface area contributed by atoms with Crippen molar-refractivity contribution in [2.45, 2.75) is 65.9 Å². The van der Waals surface area contributed by atoms with E-state index in [1.165, 1.54) is 11.1 Å². The van der Waals surface area contributed by atoms with Crippen LogP contribution in [0.1, 0.15) is 52.8 Å². The van der Waals surface area contributed by atoms with E-state index >= 15 is 0 Å². The van der Waals surface area contributed by atoms with E-state index in [9.17, 15) is 0 Å². The van der Waals surface area contributed by atoms with Crippen molar-refractivity contribution in [3.8, 4) is 44.5 Å². The minimum Gasteiger partial charge on any atom is -0.143 e. The summed E-state index contributed by atoms with van der Waals surface area (Å²) in [4.78, 5) is 6.38. The number of benzene rings is 9. The molecule has 0 saturated heterocycles. The first kappa shape index (κ1) is 46.5. The fraction of sp³-hybridized carbons (Fsp3) is 0.0847. The van der Waals surface area contributed by atoms with Crippen LogP contribution in [0.25, 0.3) is 44.5 Å². The maximum Gasteiger partial charge on any atom is 0.0445 e. The van der Waals surface area contributed by atoms with Crippen LogP contribution < -0.4 is 0 Å². The van der Waals surface area contributed by atoms with Gasteiger partial charge in [-0.1, -0.05) is 103 Å². The molecule has 326 valence electrons. The minimum atomic E-state index is -0.704. The molecule has 9 aromatic rings. The molecule has 0 aromatic heterocycles. The monoisotopic (exact) mass is 980 g/mol. The summed E-state index contributed by atoms with van der Waals surface area (Å²) < 4.78 is 0. The van der Waals surface area contributed by atoms with Crippen LogP contribution in [0.2, 0.25) is 0 Å². The van der Waals surface area contributed by atoms with E-state index in [-0.39, 0.29) is 0 Å². The van der Waals surface area contributed by atoms with Gasteiger partial charge < -0.3 is 0 Å². The zero-order valence-corrected chi connectivity index (χ0v) is 42.9. The van der Waals surface area contributed by atoms with Gasteiger partial charge in [0, 0.05) is 45.1 Å². The topological polar surface area (TPSA) is 0 Å². The smallest absolute Gasteiger partial charge is 0.0445 e. The molecule has 66 heavy (non-hydrogen) atoms. The fourth-order valence-electron chi connectivity index (χ4n) is 9.35. The van der Waals surface area contributed by atoms with Crippen LogP contribution in [-0.4, -0.2) is 0 Å². The molecular weight excluding hydrogens is 933 g/mol. The van der Waals surface area contributed by atoms with Crippen molar-refractivity contribution in [3.63, 3.8) is 0 Å².